The zero-order valence-corrected chi connectivity index (χ0v) is 18.4. The number of hydrogen-bond acceptors (Lipinski definition) is 6. The van der Waals surface area contributed by atoms with Gasteiger partial charge in [0.1, 0.15) is 17.1 Å². The molecule has 2 heterocycles. The zero-order valence-electron chi connectivity index (χ0n) is 18.4. The van der Waals surface area contributed by atoms with Gasteiger partial charge in [0.25, 0.3) is 0 Å². The number of carbonyl (C=O) groups is 1. The lowest BCUT2D eigenvalue weighted by Gasteiger charge is -2.36. The van der Waals surface area contributed by atoms with Gasteiger partial charge in [-0.05, 0) is 50.1 Å². The number of benzene rings is 2. The number of nitrogens with zero attached hydrogens (tertiary/aromatic N) is 2. The number of para-hydroxylation sites is 1. The summed E-state index contributed by atoms with van der Waals surface area (Å²) in [6, 6.07) is 11.9. The summed E-state index contributed by atoms with van der Waals surface area (Å²) < 4.78 is 25.2. The zero-order chi connectivity index (χ0) is 22.7. The standard InChI is InChI=1S/C25H27FN2O4/c1-17-16-23(30)32-25-19(17)8-9-22(24(25)18(2)29)31-15-5-10-27-11-13-28(14-12-27)21-7-4-3-6-20(21)26/h3-4,6-9,16H,5,10-15H2,1-2H3. The van der Waals surface area contributed by atoms with Crippen molar-refractivity contribution >= 4 is 22.4 Å². The summed E-state index contributed by atoms with van der Waals surface area (Å²) in [6.07, 6.45) is 0.785. The largest absolute Gasteiger partial charge is 0.493 e. The molecular formula is C25H27FN2O4. The van der Waals surface area contributed by atoms with E-state index in [-0.39, 0.29) is 17.2 Å². The highest BCUT2D eigenvalue weighted by Gasteiger charge is 2.20. The minimum absolute atomic E-state index is 0.183. The Morgan fingerprint density at radius 2 is 1.88 bits per heavy atom. The first-order valence-electron chi connectivity index (χ1n) is 10.9. The van der Waals surface area contributed by atoms with Crippen molar-refractivity contribution in [1.29, 1.82) is 0 Å². The van der Waals surface area contributed by atoms with Crippen molar-refractivity contribution in [2.45, 2.75) is 20.3 Å². The van der Waals surface area contributed by atoms with Crippen molar-refractivity contribution in [2.24, 2.45) is 0 Å². The van der Waals surface area contributed by atoms with Crippen molar-refractivity contribution in [3.8, 4) is 5.75 Å². The first kappa shape index (κ1) is 22.0. The Balaban J connectivity index is 1.34. The van der Waals surface area contributed by atoms with Gasteiger partial charge in [0, 0.05) is 44.2 Å². The van der Waals surface area contributed by atoms with Gasteiger partial charge in [-0.25, -0.2) is 9.18 Å². The van der Waals surface area contributed by atoms with Crippen molar-refractivity contribution < 1.29 is 18.3 Å². The topological polar surface area (TPSA) is 63.0 Å². The van der Waals surface area contributed by atoms with E-state index >= 15 is 0 Å². The number of carbonyl (C=O) groups excluding carboxylic acids is 1. The molecular weight excluding hydrogens is 411 g/mol. The molecule has 0 atom stereocenters. The van der Waals surface area contributed by atoms with E-state index in [2.05, 4.69) is 9.80 Å². The molecule has 1 aliphatic rings. The molecule has 0 saturated carbocycles. The third-order valence-electron chi connectivity index (χ3n) is 5.88. The maximum atomic E-state index is 14.0. The number of halogens is 1. The van der Waals surface area contributed by atoms with E-state index in [9.17, 15) is 14.0 Å². The second-order valence-electron chi connectivity index (χ2n) is 8.10. The van der Waals surface area contributed by atoms with Gasteiger partial charge < -0.3 is 14.1 Å². The maximum Gasteiger partial charge on any atom is 0.336 e. The Morgan fingerprint density at radius 1 is 1.12 bits per heavy atom. The van der Waals surface area contributed by atoms with Gasteiger partial charge in [-0.3, -0.25) is 9.69 Å². The molecule has 4 rings (SSSR count). The van der Waals surface area contributed by atoms with Crippen LogP contribution in [0, 0.1) is 12.7 Å². The summed E-state index contributed by atoms with van der Waals surface area (Å²) >= 11 is 0. The number of ether oxygens (including phenoxy) is 1. The number of fused-ring (bicyclic) bond motifs is 1. The van der Waals surface area contributed by atoms with Crippen LogP contribution in [0.3, 0.4) is 0 Å². The van der Waals surface area contributed by atoms with Gasteiger partial charge in [-0.15, -0.1) is 0 Å². The molecule has 0 bridgehead atoms. The molecule has 1 saturated heterocycles. The molecule has 32 heavy (non-hydrogen) atoms. The van der Waals surface area contributed by atoms with Crippen LogP contribution in [0.25, 0.3) is 11.0 Å². The lowest BCUT2D eigenvalue weighted by atomic mass is 10.0. The van der Waals surface area contributed by atoms with E-state index < -0.39 is 5.63 Å². The van der Waals surface area contributed by atoms with Crippen molar-refractivity contribution in [3.63, 3.8) is 0 Å². The Morgan fingerprint density at radius 3 is 2.59 bits per heavy atom. The fraction of sp³-hybridized carbons (Fsp3) is 0.360. The lowest BCUT2D eigenvalue weighted by Crippen LogP contribution is -2.47. The molecule has 2 aromatic carbocycles. The molecule has 1 aromatic heterocycles. The SMILES string of the molecule is CC(=O)c1c(OCCCN2CCN(c3ccccc3F)CC2)ccc2c(C)cc(=O)oc12. The number of ketones is 1. The molecule has 3 aromatic rings. The molecule has 0 spiro atoms. The van der Waals surface area contributed by atoms with Crippen LogP contribution in [0.5, 0.6) is 5.75 Å². The number of aryl methyl sites for hydroxylation is 1. The molecule has 0 N–H and O–H groups in total. The van der Waals surface area contributed by atoms with Gasteiger partial charge in [0.05, 0.1) is 12.3 Å². The fourth-order valence-electron chi connectivity index (χ4n) is 4.21. The highest BCUT2D eigenvalue weighted by Crippen LogP contribution is 2.29. The molecule has 1 fully saturated rings. The van der Waals surface area contributed by atoms with E-state index in [4.69, 9.17) is 9.15 Å². The highest BCUT2D eigenvalue weighted by molar-refractivity contribution is 6.07. The van der Waals surface area contributed by atoms with Crippen LogP contribution in [0.2, 0.25) is 0 Å². The Labute approximate surface area is 186 Å². The normalized spacial score (nSPS) is 14.7. The predicted molar refractivity (Wildman–Crippen MR) is 122 cm³/mol. The lowest BCUT2D eigenvalue weighted by molar-refractivity contribution is 0.101. The van der Waals surface area contributed by atoms with Crippen LogP contribution < -0.4 is 15.3 Å². The second kappa shape index (κ2) is 9.53. The van der Waals surface area contributed by atoms with E-state index in [1.165, 1.54) is 19.1 Å². The predicted octanol–water partition coefficient (Wildman–Crippen LogP) is 4.03. The average Bonchev–Trinajstić information content (AvgIpc) is 2.77. The number of rotatable bonds is 7. The smallest absolute Gasteiger partial charge is 0.336 e. The molecule has 0 aliphatic carbocycles. The van der Waals surface area contributed by atoms with Gasteiger partial charge in [0.2, 0.25) is 0 Å². The van der Waals surface area contributed by atoms with Crippen LogP contribution in [-0.4, -0.2) is 50.0 Å². The second-order valence-corrected chi connectivity index (χ2v) is 8.10. The summed E-state index contributed by atoms with van der Waals surface area (Å²) in [5.74, 6) is 0.0452. The van der Waals surface area contributed by atoms with E-state index in [1.807, 2.05) is 25.1 Å². The fourth-order valence-corrected chi connectivity index (χ4v) is 4.21. The van der Waals surface area contributed by atoms with Gasteiger partial charge in [-0.1, -0.05) is 12.1 Å². The summed E-state index contributed by atoms with van der Waals surface area (Å²) in [4.78, 5) is 28.5. The summed E-state index contributed by atoms with van der Waals surface area (Å²) in [5.41, 5.74) is 1.53. The number of anilines is 1. The van der Waals surface area contributed by atoms with Crippen molar-refractivity contribution in [1.82, 2.24) is 4.90 Å². The quantitative estimate of drug-likeness (QED) is 0.315. The summed E-state index contributed by atoms with van der Waals surface area (Å²) in [6.45, 7) is 7.81. The van der Waals surface area contributed by atoms with Crippen molar-refractivity contribution in [3.05, 3.63) is 69.8 Å². The molecule has 0 unspecified atom stereocenters. The van der Waals surface area contributed by atoms with Crippen LogP contribution in [0.15, 0.2) is 51.7 Å². The van der Waals surface area contributed by atoms with Gasteiger partial charge >= 0.3 is 5.63 Å². The number of hydrogen-bond donors (Lipinski definition) is 0. The third-order valence-corrected chi connectivity index (χ3v) is 5.88. The molecule has 168 valence electrons. The summed E-state index contributed by atoms with van der Waals surface area (Å²) in [5, 5.41) is 0.731. The van der Waals surface area contributed by atoms with Crippen LogP contribution in [-0.2, 0) is 0 Å². The minimum atomic E-state index is -0.482. The van der Waals surface area contributed by atoms with Crippen LogP contribution in [0.4, 0.5) is 10.1 Å². The average molecular weight is 438 g/mol. The molecule has 0 amide bonds. The molecule has 1 aliphatic heterocycles. The molecule has 0 radical (unpaired) electrons. The monoisotopic (exact) mass is 438 g/mol. The third kappa shape index (κ3) is 4.67. The Kier molecular flexibility index (Phi) is 6.55. The van der Waals surface area contributed by atoms with E-state index in [0.29, 0.717) is 23.6 Å². The first-order valence-corrected chi connectivity index (χ1v) is 10.9. The molecule has 7 heteroatoms. The molecule has 6 nitrogen and oxygen atoms in total. The maximum absolute atomic E-state index is 14.0. The van der Waals surface area contributed by atoms with E-state index in [0.717, 1.165) is 50.1 Å². The minimum Gasteiger partial charge on any atom is -0.493 e. The van der Waals surface area contributed by atoms with Crippen LogP contribution >= 0.6 is 0 Å². The van der Waals surface area contributed by atoms with Crippen molar-refractivity contribution in [2.75, 3.05) is 44.2 Å². The first-order chi connectivity index (χ1) is 15.4. The van der Waals surface area contributed by atoms with Crippen LogP contribution in [0.1, 0.15) is 29.3 Å². The van der Waals surface area contributed by atoms with E-state index in [1.54, 1.807) is 12.1 Å². The highest BCUT2D eigenvalue weighted by atomic mass is 19.1. The summed E-state index contributed by atoms with van der Waals surface area (Å²) in [7, 11) is 0. The van der Waals surface area contributed by atoms with Gasteiger partial charge in [-0.2, -0.15) is 0 Å². The number of piperazine rings is 1. The number of Topliss-reactive ketones (excluding diaryl/α,β-unsaturated/α-hetero) is 1. The Hall–Kier alpha value is -3.19. The Bertz CT molecular complexity index is 1180. The van der Waals surface area contributed by atoms with Gasteiger partial charge in [0.15, 0.2) is 11.4 Å².